The lowest BCUT2D eigenvalue weighted by atomic mass is 10.1. The van der Waals surface area contributed by atoms with Crippen LogP contribution in [0.5, 0.6) is 10.9 Å². The Balaban J connectivity index is 1.36. The van der Waals surface area contributed by atoms with Crippen LogP contribution in [0.1, 0.15) is 18.4 Å². The molecule has 0 saturated carbocycles. The van der Waals surface area contributed by atoms with Gasteiger partial charge in [-0.15, -0.1) is 0 Å². The first-order valence-electron chi connectivity index (χ1n) is 9.16. The second kappa shape index (κ2) is 8.06. The first kappa shape index (κ1) is 19.2. The minimum atomic E-state index is -3.31. The monoisotopic (exact) mass is 418 g/mol. The molecular formula is C20H22N2O4S2. The van der Waals surface area contributed by atoms with Crippen LogP contribution in [0, 0.1) is 0 Å². The highest BCUT2D eigenvalue weighted by Gasteiger charge is 2.29. The maximum Gasteiger partial charge on any atom is 0.274 e. The van der Waals surface area contributed by atoms with E-state index >= 15 is 0 Å². The normalized spacial score (nSPS) is 16.3. The summed E-state index contributed by atoms with van der Waals surface area (Å²) in [6.07, 6.45) is 1.30. The van der Waals surface area contributed by atoms with Crippen LogP contribution < -0.4 is 9.47 Å². The summed E-state index contributed by atoms with van der Waals surface area (Å²) in [6.45, 7) is 0.942. The SMILES string of the molecule is COc1ccc2nc(OC3CCN(S(=O)(=O)Cc4ccccc4)CC3)sc2c1. The van der Waals surface area contributed by atoms with Gasteiger partial charge >= 0.3 is 0 Å². The third kappa shape index (κ3) is 4.29. The molecule has 0 spiro atoms. The van der Waals surface area contributed by atoms with Crippen LogP contribution in [0.4, 0.5) is 0 Å². The number of methoxy groups -OCH3 is 1. The first-order valence-corrected chi connectivity index (χ1v) is 11.6. The molecule has 4 rings (SSSR count). The predicted octanol–water partition coefficient (Wildman–Crippen LogP) is 3.68. The highest BCUT2D eigenvalue weighted by atomic mass is 32.2. The number of benzene rings is 2. The van der Waals surface area contributed by atoms with E-state index in [-0.39, 0.29) is 11.9 Å². The zero-order valence-corrected chi connectivity index (χ0v) is 17.2. The third-order valence-corrected chi connectivity index (χ3v) is 7.59. The molecule has 1 saturated heterocycles. The van der Waals surface area contributed by atoms with Gasteiger partial charge in [-0.1, -0.05) is 41.7 Å². The van der Waals surface area contributed by atoms with Crippen molar-refractivity contribution >= 4 is 31.6 Å². The Bertz CT molecular complexity index is 1040. The van der Waals surface area contributed by atoms with E-state index in [1.807, 2.05) is 48.5 Å². The number of thiazole rings is 1. The third-order valence-electron chi connectivity index (χ3n) is 4.83. The van der Waals surface area contributed by atoms with Gasteiger partial charge in [0.2, 0.25) is 10.0 Å². The molecule has 0 bridgehead atoms. The summed E-state index contributed by atoms with van der Waals surface area (Å²) in [5.74, 6) is 0.832. The van der Waals surface area contributed by atoms with Crippen molar-refractivity contribution in [1.29, 1.82) is 0 Å². The minimum Gasteiger partial charge on any atom is -0.497 e. The molecule has 0 unspecified atom stereocenters. The second-order valence-electron chi connectivity index (χ2n) is 6.77. The van der Waals surface area contributed by atoms with Crippen molar-refractivity contribution in [3.8, 4) is 10.9 Å². The molecule has 0 amide bonds. The van der Waals surface area contributed by atoms with Gasteiger partial charge in [0, 0.05) is 13.1 Å². The van der Waals surface area contributed by atoms with Gasteiger partial charge in [-0.25, -0.2) is 17.7 Å². The van der Waals surface area contributed by atoms with E-state index in [9.17, 15) is 8.42 Å². The molecule has 0 aliphatic carbocycles. The molecule has 1 aliphatic rings. The van der Waals surface area contributed by atoms with Gasteiger partial charge in [0.25, 0.3) is 5.19 Å². The van der Waals surface area contributed by atoms with Crippen LogP contribution in [-0.2, 0) is 15.8 Å². The van der Waals surface area contributed by atoms with E-state index in [1.165, 1.54) is 11.3 Å². The number of aromatic nitrogens is 1. The minimum absolute atomic E-state index is 0.0226. The molecule has 1 fully saturated rings. The predicted molar refractivity (Wildman–Crippen MR) is 110 cm³/mol. The number of hydrogen-bond donors (Lipinski definition) is 0. The van der Waals surface area contributed by atoms with Crippen LogP contribution in [0.15, 0.2) is 48.5 Å². The maximum atomic E-state index is 12.7. The number of piperidine rings is 1. The van der Waals surface area contributed by atoms with Crippen molar-refractivity contribution in [3.05, 3.63) is 54.1 Å². The van der Waals surface area contributed by atoms with E-state index in [4.69, 9.17) is 9.47 Å². The molecule has 0 atom stereocenters. The van der Waals surface area contributed by atoms with Crippen molar-refractivity contribution in [2.45, 2.75) is 24.7 Å². The molecule has 2 aromatic carbocycles. The standard InChI is InChI=1S/C20H22N2O4S2/c1-25-17-7-8-18-19(13-17)27-20(21-18)26-16-9-11-22(12-10-16)28(23,24)14-15-5-3-2-4-6-15/h2-8,13,16H,9-12,14H2,1H3. The Morgan fingerprint density at radius 2 is 1.89 bits per heavy atom. The average molecular weight is 419 g/mol. The Morgan fingerprint density at radius 3 is 2.61 bits per heavy atom. The van der Waals surface area contributed by atoms with E-state index < -0.39 is 10.0 Å². The van der Waals surface area contributed by atoms with E-state index in [0.717, 1.165) is 21.5 Å². The number of hydrogen-bond acceptors (Lipinski definition) is 6. The summed E-state index contributed by atoms with van der Waals surface area (Å²) in [4.78, 5) is 4.51. The van der Waals surface area contributed by atoms with Crippen LogP contribution in [0.3, 0.4) is 0 Å². The first-order chi connectivity index (χ1) is 13.5. The summed E-state index contributed by atoms with van der Waals surface area (Å²) in [5.41, 5.74) is 1.69. The molecule has 1 aliphatic heterocycles. The Morgan fingerprint density at radius 1 is 1.14 bits per heavy atom. The Hall–Kier alpha value is -2.16. The second-order valence-corrected chi connectivity index (χ2v) is 9.73. The van der Waals surface area contributed by atoms with E-state index in [0.29, 0.717) is 31.1 Å². The highest BCUT2D eigenvalue weighted by molar-refractivity contribution is 7.88. The number of fused-ring (bicyclic) bond motifs is 1. The molecule has 0 N–H and O–H groups in total. The van der Waals surface area contributed by atoms with E-state index in [2.05, 4.69) is 4.98 Å². The zero-order chi connectivity index (χ0) is 19.6. The lowest BCUT2D eigenvalue weighted by Crippen LogP contribution is -2.42. The fourth-order valence-electron chi connectivity index (χ4n) is 3.31. The molecule has 2 heterocycles. The highest BCUT2D eigenvalue weighted by Crippen LogP contribution is 2.32. The van der Waals surface area contributed by atoms with Gasteiger partial charge in [0.15, 0.2) is 0 Å². The summed E-state index contributed by atoms with van der Waals surface area (Å²) in [5, 5.41) is 0.619. The van der Waals surface area contributed by atoms with Gasteiger partial charge in [-0.2, -0.15) is 0 Å². The van der Waals surface area contributed by atoms with Gasteiger partial charge in [0.05, 0.1) is 23.1 Å². The molecule has 3 aromatic rings. The fraction of sp³-hybridized carbons (Fsp3) is 0.350. The van der Waals surface area contributed by atoms with E-state index in [1.54, 1.807) is 11.4 Å². The number of sulfonamides is 1. The summed E-state index contributed by atoms with van der Waals surface area (Å²) in [7, 11) is -1.67. The lowest BCUT2D eigenvalue weighted by molar-refractivity contribution is 0.135. The maximum absolute atomic E-state index is 12.7. The smallest absolute Gasteiger partial charge is 0.274 e. The van der Waals surface area contributed by atoms with Gasteiger partial charge in [-0.3, -0.25) is 0 Å². The molecule has 28 heavy (non-hydrogen) atoms. The fourth-order valence-corrected chi connectivity index (χ4v) is 5.78. The Kier molecular flexibility index (Phi) is 5.52. The summed E-state index contributed by atoms with van der Waals surface area (Å²) < 4.78 is 39.2. The molecule has 8 heteroatoms. The molecule has 1 aromatic heterocycles. The van der Waals surface area contributed by atoms with Gasteiger partial charge in [0.1, 0.15) is 11.9 Å². The molecule has 148 valence electrons. The van der Waals surface area contributed by atoms with Crippen molar-refractivity contribution < 1.29 is 17.9 Å². The molecule has 6 nitrogen and oxygen atoms in total. The quantitative estimate of drug-likeness (QED) is 0.611. The van der Waals surface area contributed by atoms with Crippen molar-refractivity contribution in [1.82, 2.24) is 9.29 Å². The van der Waals surface area contributed by atoms with Crippen molar-refractivity contribution in [3.63, 3.8) is 0 Å². The summed E-state index contributed by atoms with van der Waals surface area (Å²) in [6, 6.07) is 15.0. The van der Waals surface area contributed by atoms with Crippen LogP contribution in [0.25, 0.3) is 10.2 Å². The van der Waals surface area contributed by atoms with Crippen LogP contribution in [-0.4, -0.2) is 44.0 Å². The topological polar surface area (TPSA) is 68.7 Å². The average Bonchev–Trinajstić information content (AvgIpc) is 3.10. The van der Waals surface area contributed by atoms with Crippen molar-refractivity contribution in [2.24, 2.45) is 0 Å². The van der Waals surface area contributed by atoms with Crippen molar-refractivity contribution in [2.75, 3.05) is 20.2 Å². The molecular weight excluding hydrogens is 396 g/mol. The van der Waals surface area contributed by atoms with Crippen LogP contribution >= 0.6 is 11.3 Å². The largest absolute Gasteiger partial charge is 0.497 e. The van der Waals surface area contributed by atoms with Crippen LogP contribution in [0.2, 0.25) is 0 Å². The summed E-state index contributed by atoms with van der Waals surface area (Å²) >= 11 is 1.48. The molecule has 0 radical (unpaired) electrons. The number of rotatable bonds is 6. The van der Waals surface area contributed by atoms with Gasteiger partial charge in [-0.05, 0) is 36.6 Å². The zero-order valence-electron chi connectivity index (χ0n) is 15.6. The number of ether oxygens (including phenoxy) is 2. The number of nitrogens with zero attached hydrogens (tertiary/aromatic N) is 2. The lowest BCUT2D eigenvalue weighted by Gasteiger charge is -2.30. The van der Waals surface area contributed by atoms with Gasteiger partial charge < -0.3 is 9.47 Å². The Labute approximate surface area is 168 Å².